The van der Waals surface area contributed by atoms with E-state index in [9.17, 15) is 4.79 Å². The molecule has 0 saturated carbocycles. The van der Waals surface area contributed by atoms with E-state index in [0.29, 0.717) is 18.2 Å². The first-order chi connectivity index (χ1) is 17.1. The molecule has 0 fully saturated rings. The predicted molar refractivity (Wildman–Crippen MR) is 146 cm³/mol. The number of aryl methyl sites for hydroxylation is 2. The van der Waals surface area contributed by atoms with Gasteiger partial charge >= 0.3 is 6.01 Å². The molecule has 2 rings (SSSR count). The molecule has 0 bridgehead atoms. The molecule has 0 spiro atoms. The van der Waals surface area contributed by atoms with Gasteiger partial charge in [0.05, 0.1) is 0 Å². The van der Waals surface area contributed by atoms with Gasteiger partial charge in [-0.3, -0.25) is 4.79 Å². The maximum atomic E-state index is 12.2. The van der Waals surface area contributed by atoms with E-state index in [1.54, 1.807) is 0 Å². The van der Waals surface area contributed by atoms with Crippen LogP contribution in [-0.2, 0) is 4.79 Å². The number of benzene rings is 1. The summed E-state index contributed by atoms with van der Waals surface area (Å²) in [5.74, 6) is 0.724. The zero-order valence-corrected chi connectivity index (χ0v) is 22.4. The number of unbranched alkanes of at least 4 members (excludes halogenated alkanes) is 14. The lowest BCUT2D eigenvalue weighted by molar-refractivity contribution is -0.116. The number of amides is 1. The summed E-state index contributed by atoms with van der Waals surface area (Å²) in [5, 5.41) is 2.98. The van der Waals surface area contributed by atoms with Crippen molar-refractivity contribution in [3.05, 3.63) is 41.7 Å². The van der Waals surface area contributed by atoms with Crippen LogP contribution < -0.4 is 10.1 Å². The minimum atomic E-state index is 0.0750. The summed E-state index contributed by atoms with van der Waals surface area (Å²) >= 11 is 0. The molecule has 194 valence electrons. The Kier molecular flexibility index (Phi) is 14.8. The molecular formula is C30H47N3O2. The summed E-state index contributed by atoms with van der Waals surface area (Å²) in [5.41, 5.74) is 2.52. The zero-order chi connectivity index (χ0) is 25.1. The van der Waals surface area contributed by atoms with Gasteiger partial charge in [-0.1, -0.05) is 96.8 Å². The molecule has 0 radical (unpaired) electrons. The summed E-state index contributed by atoms with van der Waals surface area (Å²) in [6.07, 6.45) is 20.5. The van der Waals surface area contributed by atoms with Gasteiger partial charge in [0, 0.05) is 23.5 Å². The van der Waals surface area contributed by atoms with Crippen LogP contribution in [0.4, 0.5) is 5.69 Å². The number of hydrogen-bond acceptors (Lipinski definition) is 4. The van der Waals surface area contributed by atoms with Crippen LogP contribution in [0.2, 0.25) is 0 Å². The molecule has 1 heterocycles. The number of ether oxygens (including phenoxy) is 1. The molecule has 35 heavy (non-hydrogen) atoms. The number of hydrogen-bond donors (Lipinski definition) is 1. The smallest absolute Gasteiger partial charge is 0.322 e. The van der Waals surface area contributed by atoms with E-state index in [4.69, 9.17) is 4.74 Å². The molecule has 5 heteroatoms. The number of rotatable bonds is 19. The molecule has 0 atom stereocenters. The van der Waals surface area contributed by atoms with E-state index in [1.165, 1.54) is 83.5 Å². The van der Waals surface area contributed by atoms with Gasteiger partial charge in [-0.15, -0.1) is 0 Å². The molecule has 1 N–H and O–H groups in total. The van der Waals surface area contributed by atoms with E-state index in [-0.39, 0.29) is 5.91 Å². The average molecular weight is 482 g/mol. The van der Waals surface area contributed by atoms with Crippen LogP contribution in [0, 0.1) is 13.8 Å². The molecule has 2 aromatic rings. The first-order valence-electron chi connectivity index (χ1n) is 14.0. The van der Waals surface area contributed by atoms with Crippen molar-refractivity contribution in [2.24, 2.45) is 0 Å². The lowest BCUT2D eigenvalue weighted by Crippen LogP contribution is -2.10. The van der Waals surface area contributed by atoms with Gasteiger partial charge in [0.25, 0.3) is 0 Å². The third kappa shape index (κ3) is 13.9. The quantitative estimate of drug-likeness (QED) is 0.203. The van der Waals surface area contributed by atoms with E-state index in [2.05, 4.69) is 22.2 Å². The van der Waals surface area contributed by atoms with Gasteiger partial charge in [-0.05, 0) is 50.6 Å². The SMILES string of the molecule is CCCCCCCCCCCCCCCCCC(=O)Nc1ccc(Oc2nc(C)cc(C)n2)cc1. The largest absolute Gasteiger partial charge is 0.424 e. The maximum absolute atomic E-state index is 12.2. The summed E-state index contributed by atoms with van der Waals surface area (Å²) in [4.78, 5) is 20.8. The predicted octanol–water partition coefficient (Wildman–Crippen LogP) is 9.09. The number of aromatic nitrogens is 2. The molecule has 0 saturated heterocycles. The monoisotopic (exact) mass is 481 g/mol. The Bertz CT molecular complexity index is 816. The maximum Gasteiger partial charge on any atom is 0.322 e. The third-order valence-corrected chi connectivity index (χ3v) is 6.32. The van der Waals surface area contributed by atoms with Gasteiger partial charge in [-0.25, -0.2) is 9.97 Å². The molecule has 0 aliphatic heterocycles. The Morgan fingerprint density at radius 2 is 1.17 bits per heavy atom. The Balaban J connectivity index is 1.46. The van der Waals surface area contributed by atoms with Gasteiger partial charge in [0.2, 0.25) is 5.91 Å². The number of nitrogens with one attached hydrogen (secondary N) is 1. The van der Waals surface area contributed by atoms with Crippen LogP contribution in [-0.4, -0.2) is 15.9 Å². The highest BCUT2D eigenvalue weighted by Crippen LogP contribution is 2.21. The van der Waals surface area contributed by atoms with E-state index < -0.39 is 0 Å². The second kappa shape index (κ2) is 17.9. The Hall–Kier alpha value is -2.43. The van der Waals surface area contributed by atoms with Gasteiger partial charge in [0.15, 0.2) is 0 Å². The summed E-state index contributed by atoms with van der Waals surface area (Å²) in [7, 11) is 0. The van der Waals surface area contributed by atoms with Crippen molar-refractivity contribution < 1.29 is 9.53 Å². The normalized spacial score (nSPS) is 10.9. The first-order valence-corrected chi connectivity index (χ1v) is 14.0. The molecule has 1 aromatic heterocycles. The first kappa shape index (κ1) is 28.8. The Morgan fingerprint density at radius 3 is 1.66 bits per heavy atom. The van der Waals surface area contributed by atoms with Crippen LogP contribution in [0.5, 0.6) is 11.8 Å². The van der Waals surface area contributed by atoms with E-state index in [0.717, 1.165) is 29.9 Å². The number of anilines is 1. The topological polar surface area (TPSA) is 64.1 Å². The average Bonchev–Trinajstić information content (AvgIpc) is 2.82. The Morgan fingerprint density at radius 1 is 0.714 bits per heavy atom. The van der Waals surface area contributed by atoms with Gasteiger partial charge in [0.1, 0.15) is 5.75 Å². The van der Waals surface area contributed by atoms with Crippen LogP contribution in [0.15, 0.2) is 30.3 Å². The highest BCUT2D eigenvalue weighted by Gasteiger charge is 2.05. The molecule has 0 aliphatic rings. The number of carbonyl (C=O) groups is 1. The van der Waals surface area contributed by atoms with Crippen molar-refractivity contribution in [1.29, 1.82) is 0 Å². The number of carbonyl (C=O) groups excluding carboxylic acids is 1. The Labute approximate surface area is 213 Å². The fourth-order valence-corrected chi connectivity index (χ4v) is 4.33. The third-order valence-electron chi connectivity index (χ3n) is 6.32. The fraction of sp³-hybridized carbons (Fsp3) is 0.633. The zero-order valence-electron chi connectivity index (χ0n) is 22.4. The van der Waals surface area contributed by atoms with Gasteiger partial charge < -0.3 is 10.1 Å². The van der Waals surface area contributed by atoms with Crippen molar-refractivity contribution in [3.63, 3.8) is 0 Å². The van der Waals surface area contributed by atoms with Crippen LogP contribution in [0.3, 0.4) is 0 Å². The van der Waals surface area contributed by atoms with Crippen molar-refractivity contribution in [1.82, 2.24) is 9.97 Å². The summed E-state index contributed by atoms with van der Waals surface area (Å²) in [6.45, 7) is 6.11. The lowest BCUT2D eigenvalue weighted by Gasteiger charge is -2.08. The molecule has 0 unspecified atom stereocenters. The van der Waals surface area contributed by atoms with Crippen LogP contribution in [0.1, 0.15) is 121 Å². The molecule has 1 amide bonds. The van der Waals surface area contributed by atoms with E-state index >= 15 is 0 Å². The van der Waals surface area contributed by atoms with Crippen molar-refractivity contribution in [2.45, 2.75) is 124 Å². The molecule has 1 aromatic carbocycles. The van der Waals surface area contributed by atoms with E-state index in [1.807, 2.05) is 44.2 Å². The second-order valence-electron chi connectivity index (χ2n) is 9.81. The second-order valence-corrected chi connectivity index (χ2v) is 9.81. The summed E-state index contributed by atoms with van der Waals surface area (Å²) < 4.78 is 5.73. The molecular weight excluding hydrogens is 434 g/mol. The minimum absolute atomic E-state index is 0.0750. The lowest BCUT2D eigenvalue weighted by atomic mass is 10.0. The highest BCUT2D eigenvalue weighted by molar-refractivity contribution is 5.90. The minimum Gasteiger partial charge on any atom is -0.424 e. The van der Waals surface area contributed by atoms with Crippen molar-refractivity contribution >= 4 is 11.6 Å². The number of nitrogens with zero attached hydrogens (tertiary/aromatic N) is 2. The van der Waals surface area contributed by atoms with Crippen molar-refractivity contribution in [3.8, 4) is 11.8 Å². The summed E-state index contributed by atoms with van der Waals surface area (Å²) in [6, 6.07) is 9.59. The van der Waals surface area contributed by atoms with Crippen LogP contribution >= 0.6 is 0 Å². The fourth-order valence-electron chi connectivity index (χ4n) is 4.33. The van der Waals surface area contributed by atoms with Crippen molar-refractivity contribution in [2.75, 3.05) is 5.32 Å². The standard InChI is InChI=1S/C30H47N3O2/c1-4-5-6-7-8-9-10-11-12-13-14-15-16-17-18-19-29(34)33-27-20-22-28(23-21-27)35-30-31-25(2)24-26(3)32-30/h20-24H,4-19H2,1-3H3,(H,33,34). The van der Waals surface area contributed by atoms with Gasteiger partial charge in [-0.2, -0.15) is 0 Å². The molecule has 0 aliphatic carbocycles. The van der Waals surface area contributed by atoms with Crippen LogP contribution in [0.25, 0.3) is 0 Å². The molecule has 5 nitrogen and oxygen atoms in total. The highest BCUT2D eigenvalue weighted by atomic mass is 16.5.